The van der Waals surface area contributed by atoms with Gasteiger partial charge in [0.2, 0.25) is 0 Å². The number of carbonyl (C=O) groups excluding carboxylic acids is 1. The third-order valence-corrected chi connectivity index (χ3v) is 5.08. The number of halogens is 2. The monoisotopic (exact) mass is 422 g/mol. The third kappa shape index (κ3) is 6.38. The predicted molar refractivity (Wildman–Crippen MR) is 111 cm³/mol. The maximum atomic E-state index is 11.9. The van der Waals surface area contributed by atoms with Crippen LogP contribution in [0.5, 0.6) is 5.75 Å². The van der Waals surface area contributed by atoms with E-state index in [2.05, 4.69) is 22.3 Å². The highest BCUT2D eigenvalue weighted by Crippen LogP contribution is 2.27. The smallest absolute Gasteiger partial charge is 0.257 e. The van der Waals surface area contributed by atoms with Gasteiger partial charge >= 0.3 is 0 Å². The highest BCUT2D eigenvalue weighted by molar-refractivity contribution is 6.35. The number of amides is 1. The molecule has 0 aromatic heterocycles. The van der Waals surface area contributed by atoms with Crippen molar-refractivity contribution in [1.82, 2.24) is 10.2 Å². The van der Waals surface area contributed by atoms with Gasteiger partial charge in [0.15, 0.2) is 6.61 Å². The SMILES string of the molecule is O=C(COc1ccc(Cl)cc1Cl)NCCCN1CCO[C@H](c2ccccc2)C1. The van der Waals surface area contributed by atoms with Gasteiger partial charge in [-0.05, 0) is 30.2 Å². The Hall–Kier alpha value is -1.79. The summed E-state index contributed by atoms with van der Waals surface area (Å²) in [5.41, 5.74) is 1.21. The number of morpholine rings is 1. The number of ether oxygens (including phenoxy) is 2. The van der Waals surface area contributed by atoms with Crippen LogP contribution >= 0.6 is 23.2 Å². The summed E-state index contributed by atoms with van der Waals surface area (Å²) in [4.78, 5) is 14.3. The minimum atomic E-state index is -0.171. The lowest BCUT2D eigenvalue weighted by Gasteiger charge is -2.33. The third-order valence-electron chi connectivity index (χ3n) is 4.55. The van der Waals surface area contributed by atoms with Crippen molar-refractivity contribution in [3.05, 3.63) is 64.1 Å². The number of carbonyl (C=O) groups is 1. The maximum absolute atomic E-state index is 11.9. The molecule has 1 saturated heterocycles. The van der Waals surface area contributed by atoms with Crippen molar-refractivity contribution in [3.8, 4) is 5.75 Å². The van der Waals surface area contributed by atoms with E-state index in [4.69, 9.17) is 32.7 Å². The summed E-state index contributed by atoms with van der Waals surface area (Å²) in [6.45, 7) is 3.95. The van der Waals surface area contributed by atoms with Crippen molar-refractivity contribution in [2.75, 3.05) is 39.4 Å². The van der Waals surface area contributed by atoms with Gasteiger partial charge in [-0.15, -0.1) is 0 Å². The van der Waals surface area contributed by atoms with Gasteiger partial charge in [0.1, 0.15) is 5.75 Å². The van der Waals surface area contributed by atoms with Crippen molar-refractivity contribution >= 4 is 29.1 Å². The zero-order valence-electron chi connectivity index (χ0n) is 15.6. The molecule has 0 radical (unpaired) electrons. The van der Waals surface area contributed by atoms with Gasteiger partial charge in [0.05, 0.1) is 17.7 Å². The summed E-state index contributed by atoms with van der Waals surface area (Å²) in [6.07, 6.45) is 0.983. The molecular weight excluding hydrogens is 399 g/mol. The van der Waals surface area contributed by atoms with Crippen LogP contribution in [0, 0.1) is 0 Å². The largest absolute Gasteiger partial charge is 0.482 e. The lowest BCUT2D eigenvalue weighted by Crippen LogP contribution is -2.40. The molecule has 2 aromatic rings. The van der Waals surface area contributed by atoms with E-state index in [1.807, 2.05) is 18.2 Å². The molecule has 0 unspecified atom stereocenters. The molecule has 3 rings (SSSR count). The molecule has 1 aliphatic heterocycles. The number of benzene rings is 2. The molecule has 0 spiro atoms. The Labute approximate surface area is 175 Å². The molecule has 1 heterocycles. The first-order valence-electron chi connectivity index (χ1n) is 9.35. The van der Waals surface area contributed by atoms with Crippen LogP contribution in [-0.2, 0) is 9.53 Å². The first-order valence-corrected chi connectivity index (χ1v) is 10.1. The molecule has 5 nitrogen and oxygen atoms in total. The average molecular weight is 423 g/mol. The van der Waals surface area contributed by atoms with Crippen LogP contribution in [0.4, 0.5) is 0 Å². The molecule has 150 valence electrons. The van der Waals surface area contributed by atoms with E-state index in [-0.39, 0.29) is 18.6 Å². The highest BCUT2D eigenvalue weighted by atomic mass is 35.5. The summed E-state index contributed by atoms with van der Waals surface area (Å²) in [7, 11) is 0. The van der Waals surface area contributed by atoms with E-state index in [1.54, 1.807) is 18.2 Å². The fourth-order valence-corrected chi connectivity index (χ4v) is 3.56. The van der Waals surface area contributed by atoms with Crippen LogP contribution in [0.15, 0.2) is 48.5 Å². The molecule has 28 heavy (non-hydrogen) atoms. The Morgan fingerprint density at radius 3 is 2.82 bits per heavy atom. The molecule has 1 fully saturated rings. The van der Waals surface area contributed by atoms with Gasteiger partial charge in [0, 0.05) is 31.2 Å². The minimum absolute atomic E-state index is 0.0744. The fraction of sp³-hybridized carbons (Fsp3) is 0.381. The van der Waals surface area contributed by atoms with E-state index in [0.717, 1.165) is 32.7 Å². The quantitative estimate of drug-likeness (QED) is 0.654. The Morgan fingerprint density at radius 2 is 2.04 bits per heavy atom. The van der Waals surface area contributed by atoms with Gasteiger partial charge in [-0.3, -0.25) is 9.69 Å². The van der Waals surface area contributed by atoms with Crippen LogP contribution in [-0.4, -0.2) is 50.2 Å². The number of rotatable bonds is 8. The van der Waals surface area contributed by atoms with E-state index in [0.29, 0.717) is 22.3 Å². The molecule has 1 amide bonds. The minimum Gasteiger partial charge on any atom is -0.482 e. The Balaban J connectivity index is 1.33. The molecule has 1 aliphatic rings. The van der Waals surface area contributed by atoms with Crippen LogP contribution in [0.1, 0.15) is 18.1 Å². The van der Waals surface area contributed by atoms with E-state index in [1.165, 1.54) is 5.56 Å². The van der Waals surface area contributed by atoms with Gasteiger partial charge in [0.25, 0.3) is 5.91 Å². The Bertz CT molecular complexity index is 774. The molecule has 2 aromatic carbocycles. The molecule has 0 aliphatic carbocycles. The normalized spacial score (nSPS) is 17.3. The average Bonchev–Trinajstić information content (AvgIpc) is 2.71. The van der Waals surface area contributed by atoms with E-state index < -0.39 is 0 Å². The standard InChI is InChI=1S/C21H24Cl2N2O3/c22-17-7-8-19(18(23)13-17)28-15-21(26)24-9-4-10-25-11-12-27-20(14-25)16-5-2-1-3-6-16/h1-3,5-8,13,20H,4,9-12,14-15H2,(H,24,26)/t20-/m0/s1. The van der Waals surface area contributed by atoms with Crippen molar-refractivity contribution in [2.45, 2.75) is 12.5 Å². The topological polar surface area (TPSA) is 50.8 Å². The summed E-state index contributed by atoms with van der Waals surface area (Å²) < 4.78 is 11.3. The number of nitrogens with one attached hydrogen (secondary N) is 1. The first-order chi connectivity index (χ1) is 13.6. The lowest BCUT2D eigenvalue weighted by atomic mass is 10.1. The molecular formula is C21H24Cl2N2O3. The molecule has 7 heteroatoms. The van der Waals surface area contributed by atoms with Crippen LogP contribution in [0.3, 0.4) is 0 Å². The number of nitrogens with zero attached hydrogens (tertiary/aromatic N) is 1. The van der Waals surface area contributed by atoms with E-state index in [9.17, 15) is 4.79 Å². The zero-order valence-corrected chi connectivity index (χ0v) is 17.1. The van der Waals surface area contributed by atoms with E-state index >= 15 is 0 Å². The number of hydrogen-bond acceptors (Lipinski definition) is 4. The van der Waals surface area contributed by atoms with Gasteiger partial charge in [-0.2, -0.15) is 0 Å². The van der Waals surface area contributed by atoms with Gasteiger partial charge < -0.3 is 14.8 Å². The molecule has 1 N–H and O–H groups in total. The summed E-state index contributed by atoms with van der Waals surface area (Å²) in [5.74, 6) is 0.275. The Morgan fingerprint density at radius 1 is 1.21 bits per heavy atom. The van der Waals surface area contributed by atoms with Gasteiger partial charge in [-0.1, -0.05) is 53.5 Å². The van der Waals surface area contributed by atoms with Crippen molar-refractivity contribution in [3.63, 3.8) is 0 Å². The van der Waals surface area contributed by atoms with Crippen molar-refractivity contribution in [1.29, 1.82) is 0 Å². The van der Waals surface area contributed by atoms with Crippen LogP contribution in [0.25, 0.3) is 0 Å². The fourth-order valence-electron chi connectivity index (χ4n) is 3.09. The molecule has 1 atom stereocenters. The van der Waals surface area contributed by atoms with Crippen LogP contribution in [0.2, 0.25) is 10.0 Å². The summed E-state index contributed by atoms with van der Waals surface area (Å²) in [6, 6.07) is 15.2. The first kappa shape index (κ1) is 20.9. The highest BCUT2D eigenvalue weighted by Gasteiger charge is 2.21. The molecule has 0 saturated carbocycles. The number of hydrogen-bond donors (Lipinski definition) is 1. The Kier molecular flexibility index (Phi) is 7.98. The second kappa shape index (κ2) is 10.7. The molecule has 0 bridgehead atoms. The lowest BCUT2D eigenvalue weighted by molar-refractivity contribution is -0.123. The second-order valence-corrected chi connectivity index (χ2v) is 7.48. The predicted octanol–water partition coefficient (Wildman–Crippen LogP) is 3.95. The van der Waals surface area contributed by atoms with Crippen molar-refractivity contribution < 1.29 is 14.3 Å². The van der Waals surface area contributed by atoms with Crippen LogP contribution < -0.4 is 10.1 Å². The zero-order chi connectivity index (χ0) is 19.8. The van der Waals surface area contributed by atoms with Gasteiger partial charge in [-0.25, -0.2) is 0 Å². The second-order valence-electron chi connectivity index (χ2n) is 6.64. The summed E-state index contributed by atoms with van der Waals surface area (Å²) >= 11 is 11.9. The summed E-state index contributed by atoms with van der Waals surface area (Å²) in [5, 5.41) is 3.79. The maximum Gasteiger partial charge on any atom is 0.257 e. The van der Waals surface area contributed by atoms with Crippen molar-refractivity contribution in [2.24, 2.45) is 0 Å².